The van der Waals surface area contributed by atoms with Gasteiger partial charge in [0.25, 0.3) is 0 Å². The SMILES string of the molecule is O=C(O)[C@H](O)[C@@H](O)[C@@H](O[C@@H]1O[C@H](CO)[C@H](O)[C@H](O)[C@H]1O)[C@@H](O)CO. The highest BCUT2D eigenvalue weighted by Gasteiger charge is 2.47. The van der Waals surface area contributed by atoms with Gasteiger partial charge in [0.2, 0.25) is 0 Å². The number of carboxylic acids is 1. The number of hydrogen-bond acceptors (Lipinski definition) is 11. The van der Waals surface area contributed by atoms with E-state index in [9.17, 15) is 35.4 Å². The molecular weight excluding hydrogens is 336 g/mol. The summed E-state index contributed by atoms with van der Waals surface area (Å²) in [5, 5.41) is 84.5. The van der Waals surface area contributed by atoms with Crippen molar-refractivity contribution in [1.82, 2.24) is 0 Å². The molecule has 142 valence electrons. The number of hydrogen-bond donors (Lipinski definition) is 9. The molecule has 9 N–H and O–H groups in total. The van der Waals surface area contributed by atoms with Gasteiger partial charge in [-0.1, -0.05) is 0 Å². The van der Waals surface area contributed by atoms with Crippen LogP contribution in [-0.4, -0.2) is 120 Å². The van der Waals surface area contributed by atoms with Gasteiger partial charge in [-0.15, -0.1) is 0 Å². The first kappa shape index (κ1) is 21.1. The van der Waals surface area contributed by atoms with Crippen molar-refractivity contribution in [3.8, 4) is 0 Å². The van der Waals surface area contributed by atoms with E-state index in [0.717, 1.165) is 0 Å². The van der Waals surface area contributed by atoms with E-state index in [0.29, 0.717) is 0 Å². The second kappa shape index (κ2) is 8.96. The van der Waals surface area contributed by atoms with E-state index in [1.807, 2.05) is 0 Å². The summed E-state index contributed by atoms with van der Waals surface area (Å²) in [7, 11) is 0. The highest BCUT2D eigenvalue weighted by Crippen LogP contribution is 2.24. The van der Waals surface area contributed by atoms with Gasteiger partial charge in [-0.3, -0.25) is 0 Å². The Morgan fingerprint density at radius 1 is 1.04 bits per heavy atom. The summed E-state index contributed by atoms with van der Waals surface area (Å²) >= 11 is 0. The minimum Gasteiger partial charge on any atom is -0.479 e. The van der Waals surface area contributed by atoms with Crippen molar-refractivity contribution in [2.45, 2.75) is 55.1 Å². The van der Waals surface area contributed by atoms with Gasteiger partial charge in [-0.25, -0.2) is 4.79 Å². The first-order valence-electron chi connectivity index (χ1n) is 6.99. The van der Waals surface area contributed by atoms with Crippen LogP contribution in [0.25, 0.3) is 0 Å². The van der Waals surface area contributed by atoms with E-state index in [1.54, 1.807) is 0 Å². The molecular formula is C12H22O12. The van der Waals surface area contributed by atoms with Crippen LogP contribution < -0.4 is 0 Å². The fourth-order valence-electron chi connectivity index (χ4n) is 2.16. The van der Waals surface area contributed by atoms with Gasteiger partial charge >= 0.3 is 5.97 Å². The fourth-order valence-corrected chi connectivity index (χ4v) is 2.16. The van der Waals surface area contributed by atoms with E-state index in [-0.39, 0.29) is 0 Å². The first-order valence-corrected chi connectivity index (χ1v) is 6.99. The molecule has 12 heteroatoms. The Kier molecular flexibility index (Phi) is 7.88. The summed E-state index contributed by atoms with van der Waals surface area (Å²) in [5.74, 6) is -1.84. The van der Waals surface area contributed by atoms with Gasteiger partial charge in [-0.2, -0.15) is 0 Å². The van der Waals surface area contributed by atoms with Gasteiger partial charge < -0.3 is 55.4 Å². The maximum Gasteiger partial charge on any atom is 0.335 e. The number of aliphatic carboxylic acids is 1. The van der Waals surface area contributed by atoms with Crippen LogP contribution in [0.5, 0.6) is 0 Å². The van der Waals surface area contributed by atoms with Crippen molar-refractivity contribution in [3.05, 3.63) is 0 Å². The first-order chi connectivity index (χ1) is 11.1. The third-order valence-corrected chi connectivity index (χ3v) is 3.62. The quantitative estimate of drug-likeness (QED) is 0.198. The molecule has 0 spiro atoms. The molecule has 0 aromatic carbocycles. The number of aliphatic hydroxyl groups excluding tert-OH is 8. The molecule has 0 aromatic rings. The molecule has 12 nitrogen and oxygen atoms in total. The summed E-state index contributed by atoms with van der Waals surface area (Å²) in [4.78, 5) is 10.7. The zero-order valence-corrected chi connectivity index (χ0v) is 12.4. The Hall–Kier alpha value is -0.930. The molecule has 0 radical (unpaired) electrons. The highest BCUT2D eigenvalue weighted by molar-refractivity contribution is 5.72. The van der Waals surface area contributed by atoms with E-state index in [1.165, 1.54) is 0 Å². The lowest BCUT2D eigenvalue weighted by Gasteiger charge is -2.42. The summed E-state index contributed by atoms with van der Waals surface area (Å²) in [6.45, 7) is -1.76. The summed E-state index contributed by atoms with van der Waals surface area (Å²) in [5.41, 5.74) is 0. The predicted molar refractivity (Wildman–Crippen MR) is 71.4 cm³/mol. The number of carbonyl (C=O) groups is 1. The average molecular weight is 358 g/mol. The molecule has 0 amide bonds. The zero-order valence-electron chi connectivity index (χ0n) is 12.4. The molecule has 1 heterocycles. The Morgan fingerprint density at radius 3 is 2.08 bits per heavy atom. The molecule has 0 aliphatic carbocycles. The minimum absolute atomic E-state index is 0.766. The summed E-state index contributed by atoms with van der Waals surface area (Å²) in [6, 6.07) is 0. The number of aliphatic hydroxyl groups is 8. The highest BCUT2D eigenvalue weighted by atomic mass is 16.7. The third-order valence-electron chi connectivity index (χ3n) is 3.62. The van der Waals surface area contributed by atoms with E-state index < -0.39 is 74.3 Å². The number of ether oxygens (including phenoxy) is 2. The molecule has 1 aliphatic heterocycles. The number of carboxylic acid groups (broad SMARTS) is 1. The van der Waals surface area contributed by atoms with E-state index in [2.05, 4.69) is 0 Å². The monoisotopic (exact) mass is 358 g/mol. The van der Waals surface area contributed by atoms with Crippen molar-refractivity contribution in [1.29, 1.82) is 0 Å². The Bertz CT molecular complexity index is 403. The summed E-state index contributed by atoms with van der Waals surface area (Å²) < 4.78 is 9.98. The average Bonchev–Trinajstić information content (AvgIpc) is 2.57. The lowest BCUT2D eigenvalue weighted by atomic mass is 9.98. The van der Waals surface area contributed by atoms with Crippen LogP contribution in [0.2, 0.25) is 0 Å². The molecule has 0 bridgehead atoms. The molecule has 1 rings (SSSR count). The molecule has 1 saturated heterocycles. The lowest BCUT2D eigenvalue weighted by Crippen LogP contribution is -2.61. The van der Waals surface area contributed by atoms with Crippen molar-refractivity contribution < 1.29 is 60.2 Å². The van der Waals surface area contributed by atoms with Crippen LogP contribution in [0, 0.1) is 0 Å². The maximum absolute atomic E-state index is 10.7. The van der Waals surface area contributed by atoms with Crippen molar-refractivity contribution in [2.75, 3.05) is 13.2 Å². The molecule has 0 saturated carbocycles. The van der Waals surface area contributed by atoms with Gasteiger partial charge in [0.15, 0.2) is 12.4 Å². The van der Waals surface area contributed by atoms with Gasteiger partial charge in [-0.05, 0) is 0 Å². The fraction of sp³-hybridized carbons (Fsp3) is 0.917. The second-order valence-corrected chi connectivity index (χ2v) is 5.32. The maximum atomic E-state index is 10.7. The predicted octanol–water partition coefficient (Wildman–Crippen LogP) is -5.67. The topological polar surface area (TPSA) is 218 Å². The van der Waals surface area contributed by atoms with Crippen LogP contribution in [0.15, 0.2) is 0 Å². The van der Waals surface area contributed by atoms with Crippen LogP contribution in [-0.2, 0) is 14.3 Å². The van der Waals surface area contributed by atoms with Gasteiger partial charge in [0.05, 0.1) is 13.2 Å². The molecule has 24 heavy (non-hydrogen) atoms. The van der Waals surface area contributed by atoms with E-state index >= 15 is 0 Å². The van der Waals surface area contributed by atoms with Gasteiger partial charge in [0, 0.05) is 0 Å². The van der Waals surface area contributed by atoms with Gasteiger partial charge in [0.1, 0.15) is 42.7 Å². The van der Waals surface area contributed by atoms with Crippen molar-refractivity contribution in [2.24, 2.45) is 0 Å². The zero-order chi connectivity index (χ0) is 18.6. The number of rotatable bonds is 8. The normalized spacial score (nSPS) is 35.9. The third kappa shape index (κ3) is 4.58. The Labute approximate surface area is 135 Å². The molecule has 1 fully saturated rings. The smallest absolute Gasteiger partial charge is 0.335 e. The van der Waals surface area contributed by atoms with Crippen LogP contribution in [0.4, 0.5) is 0 Å². The molecule has 0 aromatic heterocycles. The van der Waals surface area contributed by atoms with E-state index in [4.69, 9.17) is 24.8 Å². The van der Waals surface area contributed by atoms with Crippen molar-refractivity contribution >= 4 is 5.97 Å². The summed E-state index contributed by atoms with van der Waals surface area (Å²) in [6.07, 6.45) is -16.9. The standard InChI is InChI=1S/C12H22O12/c13-1-3(15)10(7(18)8(19)11(21)22)24-12-9(20)6(17)5(16)4(2-14)23-12/h3-10,12-20H,1-2H2,(H,21,22)/t3-,4+,5-,6-,7+,8+,9+,10-,12-/m0/s1. The van der Waals surface area contributed by atoms with Crippen LogP contribution in [0.1, 0.15) is 0 Å². The second-order valence-electron chi connectivity index (χ2n) is 5.32. The molecule has 1 aliphatic rings. The molecule has 9 atom stereocenters. The lowest BCUT2D eigenvalue weighted by molar-refractivity contribution is -0.326. The molecule has 0 unspecified atom stereocenters. The van der Waals surface area contributed by atoms with Crippen molar-refractivity contribution in [3.63, 3.8) is 0 Å². The largest absolute Gasteiger partial charge is 0.479 e. The minimum atomic E-state index is -2.39. The Morgan fingerprint density at radius 2 is 1.62 bits per heavy atom. The Balaban J connectivity index is 2.94. The van der Waals surface area contributed by atoms with Crippen LogP contribution in [0.3, 0.4) is 0 Å². The van der Waals surface area contributed by atoms with Crippen LogP contribution >= 0.6 is 0 Å².